The highest BCUT2D eigenvalue weighted by Crippen LogP contribution is 2.31. The van der Waals surface area contributed by atoms with Crippen LogP contribution >= 0.6 is 11.3 Å². The van der Waals surface area contributed by atoms with Crippen LogP contribution in [-0.2, 0) is 9.59 Å². The molecule has 3 heterocycles. The Kier molecular flexibility index (Phi) is 12.3. The number of hydrogen-bond acceptors (Lipinski definition) is 7. The Morgan fingerprint density at radius 3 is 2.31 bits per heavy atom. The van der Waals surface area contributed by atoms with Gasteiger partial charge in [0.25, 0.3) is 0 Å². The lowest BCUT2D eigenvalue weighted by Crippen LogP contribution is -2.50. The molecule has 9 heteroatoms. The summed E-state index contributed by atoms with van der Waals surface area (Å²) < 4.78 is 4.46. The van der Waals surface area contributed by atoms with Crippen LogP contribution in [0.15, 0.2) is 46.6 Å². The van der Waals surface area contributed by atoms with Gasteiger partial charge >= 0.3 is 0 Å². The van der Waals surface area contributed by atoms with Crippen molar-refractivity contribution in [2.45, 2.75) is 80.3 Å². The van der Waals surface area contributed by atoms with E-state index in [0.717, 1.165) is 33.8 Å². The summed E-state index contributed by atoms with van der Waals surface area (Å²) in [6.45, 7) is 16.3. The van der Waals surface area contributed by atoms with E-state index in [9.17, 15) is 14.7 Å². The molecule has 214 valence electrons. The van der Waals surface area contributed by atoms with Gasteiger partial charge in [-0.1, -0.05) is 71.0 Å². The summed E-state index contributed by atoms with van der Waals surface area (Å²) in [6.07, 6.45) is 3.01. The van der Waals surface area contributed by atoms with E-state index in [2.05, 4.69) is 20.0 Å². The fraction of sp³-hybridized carbons (Fsp3) is 0.533. The molecule has 2 aromatic heterocycles. The summed E-state index contributed by atoms with van der Waals surface area (Å²) in [6, 6.07) is 8.64. The first kappa shape index (κ1) is 32.2. The average molecular weight is 557 g/mol. The van der Waals surface area contributed by atoms with E-state index in [1.165, 1.54) is 0 Å². The van der Waals surface area contributed by atoms with Crippen molar-refractivity contribution in [3.63, 3.8) is 0 Å². The number of carbonyl (C=O) groups excluding carboxylic acids is 2. The van der Waals surface area contributed by atoms with Crippen molar-refractivity contribution in [1.82, 2.24) is 20.4 Å². The molecule has 0 radical (unpaired) electrons. The maximum absolute atomic E-state index is 13.1. The van der Waals surface area contributed by atoms with Crippen molar-refractivity contribution >= 4 is 23.2 Å². The maximum Gasteiger partial charge on any atom is 0.243 e. The number of aliphatic hydroxyl groups is 1. The van der Waals surface area contributed by atoms with Crippen molar-refractivity contribution < 1.29 is 19.2 Å². The maximum atomic E-state index is 13.1. The summed E-state index contributed by atoms with van der Waals surface area (Å²) >= 11 is 1.59. The summed E-state index contributed by atoms with van der Waals surface area (Å²) in [7, 11) is 0. The summed E-state index contributed by atoms with van der Waals surface area (Å²) in [5.41, 5.74) is 5.48. The van der Waals surface area contributed by atoms with Gasteiger partial charge in [0.05, 0.1) is 34.4 Å². The first-order valence-electron chi connectivity index (χ1n) is 13.6. The molecule has 2 N–H and O–H groups in total. The Labute approximate surface area is 236 Å². The molecule has 3 aromatic rings. The fourth-order valence-corrected chi connectivity index (χ4v) is 4.95. The van der Waals surface area contributed by atoms with Crippen molar-refractivity contribution in [2.75, 3.05) is 13.2 Å². The van der Waals surface area contributed by atoms with Gasteiger partial charge in [-0.25, -0.2) is 4.98 Å². The minimum Gasteiger partial charge on any atom is -0.394 e. The standard InChI is InChI=1S/C24H33N3O3S.C4H5NO.C2H6/c1-15(24(3,4)5)23(30)27-12-6-7-20(27)22(29)26-19(13-28)17-8-10-18(11-9-17)21-16(2)25-14-31-21;1-4-2-3-6-5-4;1-2/h8-11,14-15,19-20,28H,6-7,12-13H2,1-5H3,(H,26,29);2-3H,1H3;1-2H3. The van der Waals surface area contributed by atoms with E-state index in [4.69, 9.17) is 0 Å². The third-order valence-electron chi connectivity index (χ3n) is 6.89. The number of carbonyl (C=O) groups is 2. The molecule has 0 bridgehead atoms. The number of hydrogen-bond donors (Lipinski definition) is 2. The van der Waals surface area contributed by atoms with E-state index in [-0.39, 0.29) is 29.8 Å². The number of rotatable bonds is 6. The van der Waals surface area contributed by atoms with Gasteiger partial charge < -0.3 is 19.8 Å². The molecule has 1 aromatic carbocycles. The average Bonchev–Trinajstić information content (AvgIpc) is 3.70. The molecule has 0 spiro atoms. The van der Waals surface area contributed by atoms with Crippen LogP contribution in [-0.4, -0.2) is 51.2 Å². The van der Waals surface area contributed by atoms with Gasteiger partial charge in [0.15, 0.2) is 0 Å². The minimum atomic E-state index is -0.512. The summed E-state index contributed by atoms with van der Waals surface area (Å²) in [5, 5.41) is 16.4. The van der Waals surface area contributed by atoms with Crippen LogP contribution in [0.4, 0.5) is 0 Å². The highest BCUT2D eigenvalue weighted by Gasteiger charge is 2.39. The number of likely N-dealkylation sites (tertiary alicyclic amines) is 1. The zero-order valence-corrected chi connectivity index (χ0v) is 25.3. The Bertz CT molecular complexity index is 1150. The number of thiazole rings is 1. The largest absolute Gasteiger partial charge is 0.394 e. The molecule has 8 nitrogen and oxygen atoms in total. The molecule has 0 saturated carbocycles. The monoisotopic (exact) mass is 556 g/mol. The van der Waals surface area contributed by atoms with Gasteiger partial charge in [0.2, 0.25) is 11.8 Å². The second-order valence-corrected chi connectivity index (χ2v) is 11.4. The third kappa shape index (κ3) is 8.73. The smallest absolute Gasteiger partial charge is 0.243 e. The highest BCUT2D eigenvalue weighted by atomic mass is 32.1. The van der Waals surface area contributed by atoms with Crippen molar-refractivity contribution in [3.05, 3.63) is 59.1 Å². The minimum absolute atomic E-state index is 0.0231. The lowest BCUT2D eigenvalue weighted by Gasteiger charge is -2.33. The molecule has 2 amide bonds. The predicted octanol–water partition coefficient (Wildman–Crippen LogP) is 5.95. The number of benzene rings is 1. The molecular formula is C30H44N4O4S. The van der Waals surface area contributed by atoms with Gasteiger partial charge in [-0.05, 0) is 43.2 Å². The van der Waals surface area contributed by atoms with Crippen LogP contribution in [0.3, 0.4) is 0 Å². The quantitative estimate of drug-likeness (QED) is 0.388. The molecule has 3 unspecified atom stereocenters. The molecule has 0 aliphatic carbocycles. The van der Waals surface area contributed by atoms with Crippen molar-refractivity contribution in [2.24, 2.45) is 11.3 Å². The van der Waals surface area contributed by atoms with Crippen LogP contribution in [0.2, 0.25) is 0 Å². The summed E-state index contributed by atoms with van der Waals surface area (Å²) in [4.78, 5) is 33.2. The van der Waals surface area contributed by atoms with E-state index < -0.39 is 12.1 Å². The van der Waals surface area contributed by atoms with Gasteiger partial charge in [-0.15, -0.1) is 11.3 Å². The lowest BCUT2D eigenvalue weighted by molar-refractivity contribution is -0.144. The molecule has 1 fully saturated rings. The molecule has 1 saturated heterocycles. The summed E-state index contributed by atoms with van der Waals surface area (Å²) in [5.74, 6) is -0.347. The second kappa shape index (κ2) is 14.9. The van der Waals surface area contributed by atoms with E-state index in [1.807, 2.05) is 85.2 Å². The highest BCUT2D eigenvalue weighted by molar-refractivity contribution is 7.13. The third-order valence-corrected chi connectivity index (χ3v) is 7.87. The number of aliphatic hydroxyl groups excluding tert-OH is 1. The zero-order valence-electron chi connectivity index (χ0n) is 24.5. The van der Waals surface area contributed by atoms with E-state index in [1.54, 1.807) is 28.6 Å². The van der Waals surface area contributed by atoms with E-state index in [0.29, 0.717) is 13.0 Å². The first-order valence-corrected chi connectivity index (χ1v) is 14.5. The molecule has 4 rings (SSSR count). The van der Waals surface area contributed by atoms with Gasteiger partial charge in [0.1, 0.15) is 12.3 Å². The van der Waals surface area contributed by atoms with Crippen LogP contribution in [0, 0.1) is 25.2 Å². The van der Waals surface area contributed by atoms with Crippen LogP contribution in [0.5, 0.6) is 0 Å². The topological polar surface area (TPSA) is 109 Å². The number of aromatic nitrogens is 2. The number of nitrogens with one attached hydrogen (secondary N) is 1. The molecule has 3 atom stereocenters. The van der Waals surface area contributed by atoms with Crippen molar-refractivity contribution in [3.8, 4) is 10.4 Å². The van der Waals surface area contributed by atoms with Crippen molar-refractivity contribution in [1.29, 1.82) is 0 Å². The molecule has 1 aliphatic heterocycles. The number of nitrogens with zero attached hydrogens (tertiary/aromatic N) is 3. The molecule has 1 aliphatic rings. The number of aryl methyl sites for hydroxylation is 2. The van der Waals surface area contributed by atoms with Gasteiger partial charge in [0, 0.05) is 18.5 Å². The van der Waals surface area contributed by atoms with Crippen LogP contribution in [0.25, 0.3) is 10.4 Å². The lowest BCUT2D eigenvalue weighted by atomic mass is 9.81. The Balaban J connectivity index is 0.000000578. The van der Waals surface area contributed by atoms with E-state index >= 15 is 0 Å². The van der Waals surface area contributed by atoms with Gasteiger partial charge in [-0.2, -0.15) is 0 Å². The normalized spacial score (nSPS) is 16.3. The second-order valence-electron chi connectivity index (χ2n) is 10.6. The SMILES string of the molecule is CC.Cc1ccon1.Cc1ncsc1-c1ccc(C(CO)NC(=O)C2CCCN2C(=O)C(C)C(C)(C)C)cc1. The van der Waals surface area contributed by atoms with Crippen LogP contribution in [0.1, 0.15) is 77.4 Å². The predicted molar refractivity (Wildman–Crippen MR) is 156 cm³/mol. The number of amides is 2. The Morgan fingerprint density at radius 1 is 1.18 bits per heavy atom. The van der Waals surface area contributed by atoms with Gasteiger partial charge in [-0.3, -0.25) is 9.59 Å². The Hall–Kier alpha value is -3.04. The van der Waals surface area contributed by atoms with Crippen LogP contribution < -0.4 is 5.32 Å². The molecule has 39 heavy (non-hydrogen) atoms. The molecular weight excluding hydrogens is 512 g/mol. The fourth-order valence-electron chi connectivity index (χ4n) is 4.14. The zero-order chi connectivity index (χ0) is 29.2. The first-order chi connectivity index (χ1) is 18.5. The Morgan fingerprint density at radius 2 is 1.85 bits per heavy atom.